The molecule has 1 aromatic carbocycles. The SMILES string of the molecule is Cc1ccc([C@H](O)CN)c(Cl)c1. The van der Waals surface area contributed by atoms with Crippen LogP contribution in [0.4, 0.5) is 0 Å². The third-order valence-corrected chi connectivity index (χ3v) is 2.07. The molecule has 3 heteroatoms. The predicted octanol–water partition coefficient (Wildman–Crippen LogP) is 1.64. The molecule has 0 saturated carbocycles. The van der Waals surface area contributed by atoms with Crippen molar-refractivity contribution in [1.82, 2.24) is 0 Å². The summed E-state index contributed by atoms with van der Waals surface area (Å²) < 4.78 is 0. The van der Waals surface area contributed by atoms with E-state index in [9.17, 15) is 5.11 Å². The molecule has 0 aliphatic rings. The molecule has 0 fully saturated rings. The zero-order chi connectivity index (χ0) is 9.14. The predicted molar refractivity (Wildman–Crippen MR) is 50.2 cm³/mol. The van der Waals surface area contributed by atoms with Gasteiger partial charge in [0.15, 0.2) is 0 Å². The zero-order valence-electron chi connectivity index (χ0n) is 6.92. The number of hydrogen-bond acceptors (Lipinski definition) is 2. The molecule has 1 aromatic rings. The molecular weight excluding hydrogens is 174 g/mol. The van der Waals surface area contributed by atoms with Gasteiger partial charge in [0.2, 0.25) is 0 Å². The minimum absolute atomic E-state index is 0.197. The van der Waals surface area contributed by atoms with Gasteiger partial charge in [-0.25, -0.2) is 0 Å². The Morgan fingerprint density at radius 2 is 2.25 bits per heavy atom. The van der Waals surface area contributed by atoms with Crippen LogP contribution in [0.25, 0.3) is 0 Å². The molecule has 3 N–H and O–H groups in total. The number of aliphatic hydroxyl groups excluding tert-OH is 1. The molecule has 0 amide bonds. The van der Waals surface area contributed by atoms with Crippen molar-refractivity contribution in [3.8, 4) is 0 Å². The third-order valence-electron chi connectivity index (χ3n) is 1.74. The standard InChI is InChI=1S/C9H12ClNO/c1-6-2-3-7(8(10)4-6)9(12)5-11/h2-4,9,12H,5,11H2,1H3/t9-/m1/s1. The van der Waals surface area contributed by atoms with Gasteiger partial charge in [-0.05, 0) is 18.6 Å². The highest BCUT2D eigenvalue weighted by Crippen LogP contribution is 2.23. The zero-order valence-corrected chi connectivity index (χ0v) is 7.67. The van der Waals surface area contributed by atoms with E-state index in [4.69, 9.17) is 17.3 Å². The van der Waals surface area contributed by atoms with E-state index >= 15 is 0 Å². The first-order valence-electron chi connectivity index (χ1n) is 3.79. The Bertz CT molecular complexity index is 275. The topological polar surface area (TPSA) is 46.2 Å². The van der Waals surface area contributed by atoms with Crippen molar-refractivity contribution in [2.45, 2.75) is 13.0 Å². The highest BCUT2D eigenvalue weighted by atomic mass is 35.5. The summed E-state index contributed by atoms with van der Waals surface area (Å²) in [5.74, 6) is 0. The molecule has 0 spiro atoms. The lowest BCUT2D eigenvalue weighted by molar-refractivity contribution is 0.187. The van der Waals surface area contributed by atoms with Crippen molar-refractivity contribution >= 4 is 11.6 Å². The van der Waals surface area contributed by atoms with E-state index in [0.717, 1.165) is 5.56 Å². The van der Waals surface area contributed by atoms with Crippen LogP contribution < -0.4 is 5.73 Å². The van der Waals surface area contributed by atoms with E-state index in [-0.39, 0.29) is 6.54 Å². The van der Waals surface area contributed by atoms with Crippen LogP contribution >= 0.6 is 11.6 Å². The maximum Gasteiger partial charge on any atom is 0.0926 e. The molecule has 0 unspecified atom stereocenters. The summed E-state index contributed by atoms with van der Waals surface area (Å²) in [6, 6.07) is 5.52. The molecular formula is C9H12ClNO. The number of aryl methyl sites for hydroxylation is 1. The third kappa shape index (κ3) is 1.97. The molecule has 1 atom stereocenters. The molecule has 0 aliphatic heterocycles. The molecule has 1 rings (SSSR count). The smallest absolute Gasteiger partial charge is 0.0926 e. The molecule has 0 bridgehead atoms. The highest BCUT2D eigenvalue weighted by Gasteiger charge is 2.08. The van der Waals surface area contributed by atoms with Crippen LogP contribution in [0.5, 0.6) is 0 Å². The average Bonchev–Trinajstić information content (AvgIpc) is 2.03. The van der Waals surface area contributed by atoms with Gasteiger partial charge in [0, 0.05) is 17.1 Å². The van der Waals surface area contributed by atoms with Crippen molar-refractivity contribution in [3.63, 3.8) is 0 Å². The van der Waals surface area contributed by atoms with Crippen molar-refractivity contribution in [3.05, 3.63) is 34.3 Å². The van der Waals surface area contributed by atoms with Gasteiger partial charge in [0.1, 0.15) is 0 Å². The van der Waals surface area contributed by atoms with E-state index < -0.39 is 6.10 Å². The number of halogens is 1. The van der Waals surface area contributed by atoms with Gasteiger partial charge in [-0.2, -0.15) is 0 Å². The van der Waals surface area contributed by atoms with Crippen LogP contribution in [-0.4, -0.2) is 11.7 Å². The quantitative estimate of drug-likeness (QED) is 0.736. The number of benzene rings is 1. The first-order valence-corrected chi connectivity index (χ1v) is 4.17. The van der Waals surface area contributed by atoms with Crippen molar-refractivity contribution in [2.24, 2.45) is 5.73 Å². The minimum Gasteiger partial charge on any atom is -0.387 e. The van der Waals surface area contributed by atoms with E-state index in [1.165, 1.54) is 0 Å². The minimum atomic E-state index is -0.655. The molecule has 0 radical (unpaired) electrons. The van der Waals surface area contributed by atoms with Crippen LogP contribution in [0, 0.1) is 6.92 Å². The van der Waals surface area contributed by atoms with Gasteiger partial charge in [-0.15, -0.1) is 0 Å². The molecule has 66 valence electrons. The van der Waals surface area contributed by atoms with Crippen LogP contribution in [0.2, 0.25) is 5.02 Å². The van der Waals surface area contributed by atoms with Crippen molar-refractivity contribution < 1.29 is 5.11 Å². The fourth-order valence-corrected chi connectivity index (χ4v) is 1.39. The number of aliphatic hydroxyl groups is 1. The maximum atomic E-state index is 9.39. The molecule has 12 heavy (non-hydrogen) atoms. The Morgan fingerprint density at radius 3 is 2.75 bits per heavy atom. The first kappa shape index (κ1) is 9.52. The Balaban J connectivity index is 3.01. The summed E-state index contributed by atoms with van der Waals surface area (Å²) in [4.78, 5) is 0. The number of nitrogens with two attached hydrogens (primary N) is 1. The van der Waals surface area contributed by atoms with Gasteiger partial charge >= 0.3 is 0 Å². The van der Waals surface area contributed by atoms with E-state index in [1.807, 2.05) is 19.1 Å². The second-order valence-corrected chi connectivity index (χ2v) is 3.18. The summed E-state index contributed by atoms with van der Waals surface area (Å²) >= 11 is 5.89. The van der Waals surface area contributed by atoms with Crippen LogP contribution in [0.1, 0.15) is 17.2 Å². The summed E-state index contributed by atoms with van der Waals surface area (Å²) in [5.41, 5.74) is 7.08. The van der Waals surface area contributed by atoms with Gasteiger partial charge in [0.05, 0.1) is 6.10 Å². The maximum absolute atomic E-state index is 9.39. The van der Waals surface area contributed by atoms with Crippen LogP contribution in [-0.2, 0) is 0 Å². The molecule has 0 aliphatic carbocycles. The van der Waals surface area contributed by atoms with Crippen molar-refractivity contribution in [2.75, 3.05) is 6.54 Å². The van der Waals surface area contributed by atoms with Crippen molar-refractivity contribution in [1.29, 1.82) is 0 Å². The Morgan fingerprint density at radius 1 is 1.58 bits per heavy atom. The van der Waals surface area contributed by atoms with E-state index in [1.54, 1.807) is 6.07 Å². The number of hydrogen-bond donors (Lipinski definition) is 2. The summed E-state index contributed by atoms with van der Waals surface area (Å²) in [6.07, 6.45) is -0.655. The second-order valence-electron chi connectivity index (χ2n) is 2.78. The van der Waals surface area contributed by atoms with Gasteiger partial charge in [-0.1, -0.05) is 23.7 Å². The molecule has 0 aromatic heterocycles. The summed E-state index contributed by atoms with van der Waals surface area (Å²) in [7, 11) is 0. The van der Waals surface area contributed by atoms with Gasteiger partial charge < -0.3 is 10.8 Å². The summed E-state index contributed by atoms with van der Waals surface area (Å²) in [6.45, 7) is 2.15. The Hall–Kier alpha value is -0.570. The Kier molecular flexibility index (Phi) is 3.09. The monoisotopic (exact) mass is 185 g/mol. The highest BCUT2D eigenvalue weighted by molar-refractivity contribution is 6.31. The van der Waals surface area contributed by atoms with Crippen LogP contribution in [0.3, 0.4) is 0 Å². The lowest BCUT2D eigenvalue weighted by atomic mass is 10.1. The second kappa shape index (κ2) is 3.90. The summed E-state index contributed by atoms with van der Waals surface area (Å²) in [5, 5.41) is 9.97. The average molecular weight is 186 g/mol. The fraction of sp³-hybridized carbons (Fsp3) is 0.333. The van der Waals surface area contributed by atoms with Gasteiger partial charge in [-0.3, -0.25) is 0 Å². The molecule has 2 nitrogen and oxygen atoms in total. The lowest BCUT2D eigenvalue weighted by Crippen LogP contribution is -2.11. The Labute approximate surface area is 77.0 Å². The van der Waals surface area contributed by atoms with Crippen LogP contribution in [0.15, 0.2) is 18.2 Å². The normalized spacial score (nSPS) is 13.0. The van der Waals surface area contributed by atoms with E-state index in [0.29, 0.717) is 10.6 Å². The fourth-order valence-electron chi connectivity index (χ4n) is 1.03. The lowest BCUT2D eigenvalue weighted by Gasteiger charge is -2.10. The molecule has 0 saturated heterocycles. The first-order chi connectivity index (χ1) is 5.65. The van der Waals surface area contributed by atoms with Gasteiger partial charge in [0.25, 0.3) is 0 Å². The molecule has 0 heterocycles. The van der Waals surface area contributed by atoms with E-state index in [2.05, 4.69) is 0 Å². The largest absolute Gasteiger partial charge is 0.387 e. The number of rotatable bonds is 2.